The Morgan fingerprint density at radius 2 is 1.73 bits per heavy atom. The summed E-state index contributed by atoms with van der Waals surface area (Å²) in [7, 11) is 0. The number of ether oxygens (including phenoxy) is 2. The molecule has 14 nitrogen and oxygen atoms in total. The van der Waals surface area contributed by atoms with Gasteiger partial charge in [-0.05, 0) is 48.7 Å². The van der Waals surface area contributed by atoms with Gasteiger partial charge in [-0.25, -0.2) is 19.0 Å². The number of benzene rings is 2. The molecule has 0 spiro atoms. The number of carboxylic acids is 2. The minimum atomic E-state index is -1.57. The molecule has 2 fully saturated rings. The summed E-state index contributed by atoms with van der Waals surface area (Å²) in [5, 5.41) is 25.4. The Morgan fingerprint density at radius 1 is 1.04 bits per heavy atom. The summed E-state index contributed by atoms with van der Waals surface area (Å²) in [6.45, 7) is 6.78. The van der Waals surface area contributed by atoms with Crippen molar-refractivity contribution in [3.63, 3.8) is 0 Å². The van der Waals surface area contributed by atoms with Crippen LogP contribution in [0.1, 0.15) is 20.3 Å². The number of piperidine rings is 1. The van der Waals surface area contributed by atoms with Gasteiger partial charge in [0.1, 0.15) is 29.6 Å². The third-order valence-corrected chi connectivity index (χ3v) is 8.34. The minimum absolute atomic E-state index is 0.00428. The lowest BCUT2D eigenvalue weighted by molar-refractivity contribution is -0.142. The topological polar surface area (TPSA) is 164 Å². The molecule has 0 radical (unpaired) electrons. The molecule has 0 bridgehead atoms. The number of rotatable bonds is 12. The van der Waals surface area contributed by atoms with Gasteiger partial charge in [0, 0.05) is 38.8 Å². The Hall–Kier alpha value is -5.15. The zero-order chi connectivity index (χ0) is 35.1. The average molecular weight is 681 g/mol. The van der Waals surface area contributed by atoms with Gasteiger partial charge in [0.25, 0.3) is 5.91 Å². The number of nitrogens with zero attached hydrogens (tertiary/aromatic N) is 4. The third kappa shape index (κ3) is 8.48. The smallest absolute Gasteiger partial charge is 0.356 e. The summed E-state index contributed by atoms with van der Waals surface area (Å²) in [6, 6.07) is 13.4. The molecule has 3 aliphatic heterocycles. The molecule has 0 saturated carbocycles. The molecule has 262 valence electrons. The summed E-state index contributed by atoms with van der Waals surface area (Å²) in [6.07, 6.45) is 0.928. The van der Waals surface area contributed by atoms with E-state index in [1.807, 2.05) is 13.8 Å². The molecule has 0 unspecified atom stereocenters. The number of hydrogen-bond acceptors (Lipinski definition) is 10. The fraction of sp³-hybridized carbons (Fsp3) is 0.412. The zero-order valence-corrected chi connectivity index (χ0v) is 27.4. The molecule has 3 heterocycles. The van der Waals surface area contributed by atoms with Crippen molar-refractivity contribution in [1.29, 1.82) is 0 Å². The van der Waals surface area contributed by atoms with E-state index in [0.717, 1.165) is 5.12 Å². The second kappa shape index (κ2) is 15.8. The monoisotopic (exact) mass is 680 g/mol. The highest BCUT2D eigenvalue weighted by atomic mass is 19.1. The van der Waals surface area contributed by atoms with Crippen LogP contribution in [-0.4, -0.2) is 107 Å². The fourth-order valence-corrected chi connectivity index (χ4v) is 6.09. The average Bonchev–Trinajstić information content (AvgIpc) is 3.48. The van der Waals surface area contributed by atoms with Crippen LogP contribution in [0, 0.1) is 17.7 Å². The van der Waals surface area contributed by atoms with Crippen LogP contribution in [-0.2, 0) is 23.9 Å². The van der Waals surface area contributed by atoms with Crippen LogP contribution >= 0.6 is 0 Å². The molecule has 2 amide bonds. The molecule has 2 aromatic carbocycles. The second-order valence-corrected chi connectivity index (χ2v) is 12.3. The number of carbonyl (C=O) groups excluding carboxylic acids is 2. The molecule has 3 aliphatic rings. The quantitative estimate of drug-likeness (QED) is 0.242. The van der Waals surface area contributed by atoms with E-state index in [9.17, 15) is 33.8 Å². The van der Waals surface area contributed by atoms with E-state index in [1.165, 1.54) is 29.3 Å². The molecule has 2 aromatic rings. The fourth-order valence-electron chi connectivity index (χ4n) is 6.09. The summed E-state index contributed by atoms with van der Waals surface area (Å²) in [4.78, 5) is 56.0. The Labute approximate surface area is 283 Å². The lowest BCUT2D eigenvalue weighted by Crippen LogP contribution is -2.56. The number of aliphatic carboxylic acids is 2. The van der Waals surface area contributed by atoms with Crippen molar-refractivity contribution in [1.82, 2.24) is 25.7 Å². The SMILES string of the molecule is CC(C)CN(C(=O)C1=C(COc2ccc(F)cc2)N(c2ccccc2)N(/C(=C/C(=O)O)C(=O)O)N1)[C@@H]1CNC[C@H](C(=O)N2CCOCC2)C1. The zero-order valence-electron chi connectivity index (χ0n) is 27.4. The predicted octanol–water partition coefficient (Wildman–Crippen LogP) is 2.03. The van der Waals surface area contributed by atoms with E-state index in [-0.39, 0.29) is 41.5 Å². The number of hydrazine groups is 2. The molecule has 15 heteroatoms. The van der Waals surface area contributed by atoms with E-state index >= 15 is 0 Å². The number of morpholine rings is 1. The van der Waals surface area contributed by atoms with Gasteiger partial charge in [0.15, 0.2) is 5.70 Å². The number of amides is 2. The Bertz CT molecular complexity index is 1580. The highest BCUT2D eigenvalue weighted by molar-refractivity contribution is 5.98. The predicted molar refractivity (Wildman–Crippen MR) is 175 cm³/mol. The summed E-state index contributed by atoms with van der Waals surface area (Å²) >= 11 is 0. The summed E-state index contributed by atoms with van der Waals surface area (Å²) < 4.78 is 25.1. The van der Waals surface area contributed by atoms with Crippen LogP contribution in [0.15, 0.2) is 77.8 Å². The van der Waals surface area contributed by atoms with Crippen molar-refractivity contribution in [3.05, 3.63) is 83.6 Å². The van der Waals surface area contributed by atoms with Gasteiger partial charge in [0.05, 0.1) is 30.9 Å². The van der Waals surface area contributed by atoms with Crippen LogP contribution in [0.25, 0.3) is 0 Å². The van der Waals surface area contributed by atoms with E-state index in [1.54, 1.807) is 40.1 Å². The van der Waals surface area contributed by atoms with Crippen molar-refractivity contribution in [2.45, 2.75) is 26.3 Å². The minimum Gasteiger partial charge on any atom is -0.487 e. The first-order valence-electron chi connectivity index (χ1n) is 16.1. The molecule has 49 heavy (non-hydrogen) atoms. The van der Waals surface area contributed by atoms with Crippen LogP contribution in [0.5, 0.6) is 5.75 Å². The Morgan fingerprint density at radius 3 is 2.37 bits per heavy atom. The first-order valence-corrected chi connectivity index (χ1v) is 16.1. The van der Waals surface area contributed by atoms with Gasteiger partial charge in [-0.15, -0.1) is 0 Å². The maximum absolute atomic E-state index is 14.8. The number of nitrogens with one attached hydrogen (secondary N) is 2. The molecule has 5 rings (SSSR count). The lowest BCUT2D eigenvalue weighted by Gasteiger charge is -2.40. The maximum Gasteiger partial charge on any atom is 0.356 e. The number of carbonyl (C=O) groups is 4. The highest BCUT2D eigenvalue weighted by Gasteiger charge is 2.42. The van der Waals surface area contributed by atoms with Gasteiger partial charge in [0.2, 0.25) is 5.91 Å². The van der Waals surface area contributed by atoms with E-state index in [0.29, 0.717) is 64.1 Å². The normalized spacial score (nSPS) is 19.9. The Kier molecular flexibility index (Phi) is 11.4. The van der Waals surface area contributed by atoms with Crippen LogP contribution in [0.2, 0.25) is 0 Å². The van der Waals surface area contributed by atoms with Crippen molar-refractivity contribution >= 4 is 29.4 Å². The number of anilines is 1. The number of halogens is 1. The van der Waals surface area contributed by atoms with Gasteiger partial charge < -0.3 is 34.8 Å². The number of carboxylic acid groups (broad SMARTS) is 2. The first-order chi connectivity index (χ1) is 23.5. The molecule has 2 saturated heterocycles. The second-order valence-electron chi connectivity index (χ2n) is 12.3. The van der Waals surface area contributed by atoms with Gasteiger partial charge in [-0.3, -0.25) is 15.0 Å². The summed E-state index contributed by atoms with van der Waals surface area (Å²) in [5.41, 5.74) is 2.74. The van der Waals surface area contributed by atoms with E-state index in [2.05, 4.69) is 10.7 Å². The molecule has 0 aliphatic carbocycles. The summed E-state index contributed by atoms with van der Waals surface area (Å²) in [5.74, 6) is -4.13. The molecular weight excluding hydrogens is 639 g/mol. The lowest BCUT2D eigenvalue weighted by atomic mass is 9.92. The van der Waals surface area contributed by atoms with Gasteiger partial charge >= 0.3 is 11.9 Å². The van der Waals surface area contributed by atoms with Crippen molar-refractivity contribution in [2.75, 3.05) is 57.6 Å². The largest absolute Gasteiger partial charge is 0.487 e. The molecule has 0 aromatic heterocycles. The standard InChI is InChI=1S/C34H41FN6O8/c1-22(2)20-39(26-16-23(18-36-19-26)32(44)38-12-14-48-15-13-38)33(45)31-29(21-49-27-10-8-24(35)9-11-27)40(25-6-4-3-5-7-25)41(37-31)28(34(46)47)17-30(42)43/h3-11,17,22-23,26,36-37H,12-16,18-21H2,1-2H3,(H,42,43)(H,46,47)/b28-17+/t23-,26+/m1/s1. The van der Waals surface area contributed by atoms with Crippen LogP contribution < -0.4 is 20.5 Å². The number of hydrogen-bond donors (Lipinski definition) is 4. The highest BCUT2D eigenvalue weighted by Crippen LogP contribution is 2.32. The van der Waals surface area contributed by atoms with Gasteiger partial charge in [-0.2, -0.15) is 5.12 Å². The first kappa shape index (κ1) is 35.2. The van der Waals surface area contributed by atoms with E-state index in [4.69, 9.17) is 9.47 Å². The molecular formula is C34H41FN6O8. The van der Waals surface area contributed by atoms with Crippen molar-refractivity contribution in [3.8, 4) is 5.75 Å². The number of para-hydroxylation sites is 1. The van der Waals surface area contributed by atoms with Gasteiger partial charge in [-0.1, -0.05) is 32.0 Å². The third-order valence-electron chi connectivity index (χ3n) is 8.34. The van der Waals surface area contributed by atoms with Crippen molar-refractivity contribution in [2.24, 2.45) is 11.8 Å². The Balaban J connectivity index is 1.55. The van der Waals surface area contributed by atoms with E-state index < -0.39 is 35.4 Å². The molecule has 4 N–H and O–H groups in total. The maximum atomic E-state index is 14.8. The van der Waals surface area contributed by atoms with Crippen LogP contribution in [0.4, 0.5) is 10.1 Å². The van der Waals surface area contributed by atoms with Crippen molar-refractivity contribution < 1.29 is 43.3 Å². The molecule has 2 atom stereocenters. The van der Waals surface area contributed by atoms with Crippen LogP contribution in [0.3, 0.4) is 0 Å².